The second kappa shape index (κ2) is 5.92. The number of nitrogens with two attached hydrogens (primary N) is 2. The molecule has 1 amide bonds. The van der Waals surface area contributed by atoms with Crippen molar-refractivity contribution in [1.29, 1.82) is 0 Å². The molecule has 0 bridgehead atoms. The van der Waals surface area contributed by atoms with Crippen molar-refractivity contribution in [3.8, 4) is 5.75 Å². The van der Waals surface area contributed by atoms with E-state index in [2.05, 4.69) is 0 Å². The molecule has 1 aromatic rings. The molecule has 1 rings (SSSR count). The van der Waals surface area contributed by atoms with E-state index in [-0.39, 0.29) is 12.5 Å². The highest BCUT2D eigenvalue weighted by atomic mass is 16.5. The van der Waals surface area contributed by atoms with E-state index in [1.165, 1.54) is 0 Å². The van der Waals surface area contributed by atoms with Gasteiger partial charge in [0.15, 0.2) is 0 Å². The first-order valence-electron chi connectivity index (χ1n) is 4.98. The number of amides is 1. The molecule has 0 fully saturated rings. The van der Waals surface area contributed by atoms with E-state index in [0.717, 1.165) is 11.3 Å². The van der Waals surface area contributed by atoms with Gasteiger partial charge in [0.2, 0.25) is 5.91 Å². The summed E-state index contributed by atoms with van der Waals surface area (Å²) in [6.07, 6.45) is 3.71. The van der Waals surface area contributed by atoms with E-state index >= 15 is 0 Å². The molecule has 0 aliphatic heterocycles. The molecule has 1 aromatic carbocycles. The third kappa shape index (κ3) is 3.74. The molecule has 0 aliphatic carbocycles. The molecule has 1 unspecified atom stereocenters. The monoisotopic (exact) mass is 220 g/mol. The van der Waals surface area contributed by atoms with Crippen LogP contribution in [0.1, 0.15) is 12.0 Å². The fourth-order valence-electron chi connectivity index (χ4n) is 1.33. The maximum atomic E-state index is 10.6. The van der Waals surface area contributed by atoms with Crippen LogP contribution in [0.25, 0.3) is 6.08 Å². The highest BCUT2D eigenvalue weighted by molar-refractivity contribution is 5.75. The number of rotatable bonds is 5. The summed E-state index contributed by atoms with van der Waals surface area (Å²) >= 11 is 0. The van der Waals surface area contributed by atoms with Crippen molar-refractivity contribution in [2.24, 2.45) is 11.5 Å². The van der Waals surface area contributed by atoms with Crippen LogP contribution < -0.4 is 16.2 Å². The molecular weight excluding hydrogens is 204 g/mol. The number of primary amides is 1. The summed E-state index contributed by atoms with van der Waals surface area (Å²) in [5.41, 5.74) is 11.6. The van der Waals surface area contributed by atoms with E-state index in [9.17, 15) is 4.79 Å². The predicted molar refractivity (Wildman–Crippen MR) is 63.8 cm³/mol. The van der Waals surface area contributed by atoms with Gasteiger partial charge in [-0.3, -0.25) is 4.79 Å². The van der Waals surface area contributed by atoms with Gasteiger partial charge in [-0.25, -0.2) is 0 Å². The van der Waals surface area contributed by atoms with Crippen molar-refractivity contribution in [2.45, 2.75) is 12.5 Å². The quantitative estimate of drug-likeness (QED) is 0.774. The Kier molecular flexibility index (Phi) is 4.54. The Hall–Kier alpha value is -1.81. The normalized spacial score (nSPS) is 12.6. The highest BCUT2D eigenvalue weighted by Gasteiger charge is 2.02. The second-order valence-corrected chi connectivity index (χ2v) is 3.44. The number of hydrogen-bond donors (Lipinski definition) is 2. The van der Waals surface area contributed by atoms with Crippen LogP contribution in [-0.2, 0) is 4.79 Å². The van der Waals surface area contributed by atoms with Crippen LogP contribution in [-0.4, -0.2) is 19.1 Å². The standard InChI is InChI=1S/C12H16N2O2/c1-16-11-5-3-2-4-9(11)6-7-10(13)8-12(14)15/h2-7,10H,8,13H2,1H3,(H2,14,15)/b7-6+. The summed E-state index contributed by atoms with van der Waals surface area (Å²) < 4.78 is 5.18. The number of carbonyl (C=O) groups excluding carboxylic acids is 1. The van der Waals surface area contributed by atoms with Crippen molar-refractivity contribution >= 4 is 12.0 Å². The lowest BCUT2D eigenvalue weighted by Gasteiger charge is -2.05. The Labute approximate surface area is 94.9 Å². The van der Waals surface area contributed by atoms with Gasteiger partial charge in [-0.05, 0) is 6.07 Å². The minimum Gasteiger partial charge on any atom is -0.496 e. The number of para-hydroxylation sites is 1. The summed E-state index contributed by atoms with van der Waals surface area (Å²) in [6.45, 7) is 0. The van der Waals surface area contributed by atoms with Gasteiger partial charge >= 0.3 is 0 Å². The van der Waals surface area contributed by atoms with Gasteiger partial charge in [0.25, 0.3) is 0 Å². The van der Waals surface area contributed by atoms with Crippen molar-refractivity contribution in [3.63, 3.8) is 0 Å². The van der Waals surface area contributed by atoms with Gasteiger partial charge in [0.1, 0.15) is 5.75 Å². The summed E-state index contributed by atoms with van der Waals surface area (Å²) in [4.78, 5) is 10.6. The second-order valence-electron chi connectivity index (χ2n) is 3.44. The van der Waals surface area contributed by atoms with Crippen molar-refractivity contribution < 1.29 is 9.53 Å². The van der Waals surface area contributed by atoms with Crippen LogP contribution in [0, 0.1) is 0 Å². The summed E-state index contributed by atoms with van der Waals surface area (Å²) in [5.74, 6) is 0.363. The molecule has 1 atom stereocenters. The van der Waals surface area contributed by atoms with Crippen LogP contribution >= 0.6 is 0 Å². The van der Waals surface area contributed by atoms with Gasteiger partial charge in [0.05, 0.1) is 7.11 Å². The minimum atomic E-state index is -0.405. The molecule has 4 heteroatoms. The molecule has 4 nitrogen and oxygen atoms in total. The molecule has 4 N–H and O–H groups in total. The molecule has 0 aromatic heterocycles. The summed E-state index contributed by atoms with van der Waals surface area (Å²) in [7, 11) is 1.61. The van der Waals surface area contributed by atoms with Gasteiger partial charge in [-0.2, -0.15) is 0 Å². The van der Waals surface area contributed by atoms with Crippen LogP contribution in [0.2, 0.25) is 0 Å². The Morgan fingerprint density at radius 1 is 1.50 bits per heavy atom. The van der Waals surface area contributed by atoms with Crippen molar-refractivity contribution in [3.05, 3.63) is 35.9 Å². The Balaban J connectivity index is 2.71. The molecule has 0 heterocycles. The topological polar surface area (TPSA) is 78.3 Å². The third-order valence-corrected chi connectivity index (χ3v) is 2.10. The first-order valence-corrected chi connectivity index (χ1v) is 4.98. The Bertz CT molecular complexity index is 388. The van der Waals surface area contributed by atoms with Gasteiger partial charge in [-0.1, -0.05) is 30.4 Å². The fourth-order valence-corrected chi connectivity index (χ4v) is 1.33. The van der Waals surface area contributed by atoms with E-state index in [0.29, 0.717) is 0 Å². The third-order valence-electron chi connectivity index (χ3n) is 2.10. The van der Waals surface area contributed by atoms with Crippen LogP contribution in [0.3, 0.4) is 0 Å². The molecule has 16 heavy (non-hydrogen) atoms. The number of benzene rings is 1. The van der Waals surface area contributed by atoms with Gasteiger partial charge in [-0.15, -0.1) is 0 Å². The summed E-state index contributed by atoms with van der Waals surface area (Å²) in [5, 5.41) is 0. The summed E-state index contributed by atoms with van der Waals surface area (Å²) in [6, 6.07) is 7.20. The maximum Gasteiger partial charge on any atom is 0.219 e. The average Bonchev–Trinajstić information content (AvgIpc) is 2.26. The van der Waals surface area contributed by atoms with Crippen molar-refractivity contribution in [1.82, 2.24) is 0 Å². The number of methoxy groups -OCH3 is 1. The Morgan fingerprint density at radius 3 is 2.81 bits per heavy atom. The Morgan fingerprint density at radius 2 is 2.19 bits per heavy atom. The SMILES string of the molecule is COc1ccccc1/C=C/C(N)CC(N)=O. The zero-order valence-electron chi connectivity index (χ0n) is 9.22. The highest BCUT2D eigenvalue weighted by Crippen LogP contribution is 2.18. The van der Waals surface area contributed by atoms with Gasteiger partial charge < -0.3 is 16.2 Å². The zero-order chi connectivity index (χ0) is 12.0. The smallest absolute Gasteiger partial charge is 0.219 e. The molecule has 0 spiro atoms. The first kappa shape index (κ1) is 12.3. The number of ether oxygens (including phenoxy) is 1. The molecule has 86 valence electrons. The van der Waals surface area contributed by atoms with Crippen molar-refractivity contribution in [2.75, 3.05) is 7.11 Å². The van der Waals surface area contributed by atoms with E-state index in [4.69, 9.17) is 16.2 Å². The number of hydrogen-bond acceptors (Lipinski definition) is 3. The number of carbonyl (C=O) groups is 1. The maximum absolute atomic E-state index is 10.6. The lowest BCUT2D eigenvalue weighted by Crippen LogP contribution is -2.25. The first-order chi connectivity index (χ1) is 7.63. The molecule has 0 saturated carbocycles. The lowest BCUT2D eigenvalue weighted by atomic mass is 10.1. The zero-order valence-corrected chi connectivity index (χ0v) is 9.22. The molecular formula is C12H16N2O2. The predicted octanol–water partition coefficient (Wildman–Crippen LogP) is 0.911. The van der Waals surface area contributed by atoms with Gasteiger partial charge in [0, 0.05) is 18.0 Å². The lowest BCUT2D eigenvalue weighted by molar-refractivity contribution is -0.118. The van der Waals surface area contributed by atoms with E-state index < -0.39 is 5.91 Å². The molecule has 0 saturated heterocycles. The fraction of sp³-hybridized carbons (Fsp3) is 0.250. The largest absolute Gasteiger partial charge is 0.496 e. The van der Waals surface area contributed by atoms with E-state index in [1.807, 2.05) is 30.3 Å². The van der Waals surface area contributed by atoms with Crippen LogP contribution in [0.15, 0.2) is 30.3 Å². The van der Waals surface area contributed by atoms with Crippen LogP contribution in [0.4, 0.5) is 0 Å². The van der Waals surface area contributed by atoms with E-state index in [1.54, 1.807) is 13.2 Å². The average molecular weight is 220 g/mol. The van der Waals surface area contributed by atoms with Crippen LogP contribution in [0.5, 0.6) is 5.75 Å². The molecule has 0 aliphatic rings. The molecule has 0 radical (unpaired) electrons. The minimum absolute atomic E-state index is 0.144.